The average Bonchev–Trinajstić information content (AvgIpc) is 3.42. The van der Waals surface area contributed by atoms with E-state index in [0.29, 0.717) is 5.56 Å². The van der Waals surface area contributed by atoms with Crippen LogP contribution in [0.25, 0.3) is 22.0 Å². The van der Waals surface area contributed by atoms with Crippen molar-refractivity contribution in [2.45, 2.75) is 65.2 Å². The Kier molecular flexibility index (Phi) is 5.51. The SMILES string of the molecule is Cc1c(N)cccc1-c1cn(CC2(CO[Si](C)(C)C(C)(C)C)CC2)c2ccc(C#N)cc12. The summed E-state index contributed by atoms with van der Waals surface area (Å²) in [6.45, 7) is 15.4. The number of rotatable bonds is 6. The fourth-order valence-electron chi connectivity index (χ4n) is 4.09. The van der Waals surface area contributed by atoms with Crippen LogP contribution in [0.3, 0.4) is 0 Å². The predicted molar refractivity (Wildman–Crippen MR) is 136 cm³/mol. The Morgan fingerprint density at radius 1 is 1.16 bits per heavy atom. The number of anilines is 1. The van der Waals surface area contributed by atoms with Crippen LogP contribution in [0.2, 0.25) is 18.1 Å². The number of nitrogens with zero attached hydrogens (tertiary/aromatic N) is 2. The second-order valence-electron chi connectivity index (χ2n) is 11.1. The van der Waals surface area contributed by atoms with Crippen molar-refractivity contribution in [3.63, 3.8) is 0 Å². The van der Waals surface area contributed by atoms with Crippen molar-refractivity contribution in [2.75, 3.05) is 12.3 Å². The fraction of sp³-hybridized carbons (Fsp3) is 0.444. The molecule has 0 unspecified atom stereocenters. The van der Waals surface area contributed by atoms with Crippen LogP contribution in [-0.4, -0.2) is 19.5 Å². The normalized spacial score (nSPS) is 15.7. The molecular formula is C27H35N3OSi. The standard InChI is InChI=1S/C27H35N3OSi/c1-19-21(8-7-9-24(19)29)23-16-30(25-11-10-20(15-28)14-22(23)25)17-27(12-13-27)18-31-32(5,6)26(2,3)4/h7-11,14,16H,12-13,17-18,29H2,1-6H3. The number of hydrogen-bond acceptors (Lipinski definition) is 3. The lowest BCUT2D eigenvalue weighted by atomic mass is 9.98. The van der Waals surface area contributed by atoms with Gasteiger partial charge in [-0.25, -0.2) is 0 Å². The maximum atomic E-state index is 9.48. The van der Waals surface area contributed by atoms with E-state index in [-0.39, 0.29) is 10.5 Å². The zero-order chi connectivity index (χ0) is 23.3. The van der Waals surface area contributed by atoms with E-state index in [2.05, 4.69) is 69.8 Å². The Morgan fingerprint density at radius 2 is 1.88 bits per heavy atom. The second-order valence-corrected chi connectivity index (χ2v) is 15.9. The van der Waals surface area contributed by atoms with Crippen molar-refractivity contribution in [3.05, 3.63) is 53.7 Å². The highest BCUT2D eigenvalue weighted by molar-refractivity contribution is 6.74. The molecule has 1 heterocycles. The predicted octanol–water partition coefficient (Wildman–Crippen LogP) is 6.87. The molecule has 1 aromatic heterocycles. The summed E-state index contributed by atoms with van der Waals surface area (Å²) in [7, 11) is -1.78. The fourth-order valence-corrected chi connectivity index (χ4v) is 5.19. The Hall–Kier alpha value is -2.55. The van der Waals surface area contributed by atoms with Crippen LogP contribution in [0.4, 0.5) is 5.69 Å². The molecular weight excluding hydrogens is 410 g/mol. The summed E-state index contributed by atoms with van der Waals surface area (Å²) in [5.41, 5.74) is 12.4. The molecule has 1 saturated carbocycles. The third kappa shape index (κ3) is 4.10. The van der Waals surface area contributed by atoms with Crippen LogP contribution in [0, 0.1) is 23.7 Å². The molecule has 168 valence electrons. The van der Waals surface area contributed by atoms with Gasteiger partial charge in [0.2, 0.25) is 0 Å². The van der Waals surface area contributed by atoms with E-state index < -0.39 is 8.32 Å². The molecule has 1 aliphatic carbocycles. The number of nitrogens with two attached hydrogens (primary N) is 1. The van der Waals surface area contributed by atoms with Gasteiger partial charge in [-0.3, -0.25) is 0 Å². The van der Waals surface area contributed by atoms with Gasteiger partial charge in [-0.1, -0.05) is 32.9 Å². The van der Waals surface area contributed by atoms with E-state index in [1.54, 1.807) is 0 Å². The van der Waals surface area contributed by atoms with Crippen LogP contribution < -0.4 is 5.73 Å². The van der Waals surface area contributed by atoms with Gasteiger partial charge < -0.3 is 14.7 Å². The third-order valence-electron chi connectivity index (χ3n) is 7.68. The van der Waals surface area contributed by atoms with Crippen LogP contribution in [-0.2, 0) is 11.0 Å². The summed E-state index contributed by atoms with van der Waals surface area (Å²) in [6.07, 6.45) is 4.65. The molecule has 3 aromatic rings. The Balaban J connectivity index is 1.71. The minimum absolute atomic E-state index is 0.206. The van der Waals surface area contributed by atoms with E-state index in [1.807, 2.05) is 24.3 Å². The van der Waals surface area contributed by atoms with Crippen molar-refractivity contribution in [2.24, 2.45) is 5.41 Å². The van der Waals surface area contributed by atoms with Crippen molar-refractivity contribution in [3.8, 4) is 17.2 Å². The number of fused-ring (bicyclic) bond motifs is 1. The maximum Gasteiger partial charge on any atom is 0.192 e. The lowest BCUT2D eigenvalue weighted by Crippen LogP contribution is -2.42. The molecule has 1 aliphatic rings. The van der Waals surface area contributed by atoms with Gasteiger partial charge in [0.15, 0.2) is 8.32 Å². The smallest absolute Gasteiger partial charge is 0.192 e. The number of aromatic nitrogens is 1. The number of hydrogen-bond donors (Lipinski definition) is 1. The van der Waals surface area contributed by atoms with Crippen molar-refractivity contribution in [1.82, 2.24) is 4.57 Å². The highest BCUT2D eigenvalue weighted by Gasteiger charge is 2.46. The van der Waals surface area contributed by atoms with Crippen LogP contribution in [0.15, 0.2) is 42.6 Å². The highest BCUT2D eigenvalue weighted by atomic mass is 28.4. The summed E-state index contributed by atoms with van der Waals surface area (Å²) in [5, 5.41) is 10.8. The maximum absolute atomic E-state index is 9.48. The molecule has 2 N–H and O–H groups in total. The first-order valence-electron chi connectivity index (χ1n) is 11.5. The van der Waals surface area contributed by atoms with Crippen molar-refractivity contribution < 1.29 is 4.43 Å². The van der Waals surface area contributed by atoms with Gasteiger partial charge in [0.05, 0.1) is 11.6 Å². The summed E-state index contributed by atoms with van der Waals surface area (Å²) < 4.78 is 9.01. The van der Waals surface area contributed by atoms with Crippen molar-refractivity contribution >= 4 is 24.9 Å². The molecule has 1 fully saturated rings. The molecule has 0 spiro atoms. The van der Waals surface area contributed by atoms with Gasteiger partial charge in [-0.05, 0) is 73.3 Å². The lowest BCUT2D eigenvalue weighted by molar-refractivity contribution is 0.199. The first-order valence-corrected chi connectivity index (χ1v) is 14.4. The summed E-state index contributed by atoms with van der Waals surface area (Å²) in [6, 6.07) is 14.4. The second kappa shape index (κ2) is 7.79. The van der Waals surface area contributed by atoms with Gasteiger partial charge in [-0.15, -0.1) is 0 Å². The van der Waals surface area contributed by atoms with Gasteiger partial charge in [0, 0.05) is 46.9 Å². The first kappa shape index (κ1) is 22.6. The molecule has 0 bridgehead atoms. The number of nitrogen functional groups attached to an aromatic ring is 1. The Labute approximate surface area is 193 Å². The third-order valence-corrected chi connectivity index (χ3v) is 12.2. The minimum Gasteiger partial charge on any atom is -0.416 e. The van der Waals surface area contributed by atoms with Crippen LogP contribution in [0.5, 0.6) is 0 Å². The van der Waals surface area contributed by atoms with E-state index in [0.717, 1.165) is 40.9 Å². The molecule has 0 saturated heterocycles. The molecule has 0 atom stereocenters. The van der Waals surface area contributed by atoms with E-state index in [4.69, 9.17) is 10.2 Å². The van der Waals surface area contributed by atoms with Gasteiger partial charge in [0.1, 0.15) is 0 Å². The highest BCUT2D eigenvalue weighted by Crippen LogP contribution is 2.50. The lowest BCUT2D eigenvalue weighted by Gasteiger charge is -2.37. The molecule has 0 radical (unpaired) electrons. The zero-order valence-electron chi connectivity index (χ0n) is 20.2. The molecule has 5 heteroatoms. The van der Waals surface area contributed by atoms with E-state index >= 15 is 0 Å². The summed E-state index contributed by atoms with van der Waals surface area (Å²) in [5.74, 6) is 0. The zero-order valence-corrected chi connectivity index (χ0v) is 21.2. The number of nitriles is 1. The molecule has 0 aliphatic heterocycles. The molecule has 4 rings (SSSR count). The topological polar surface area (TPSA) is 64.0 Å². The Morgan fingerprint density at radius 3 is 2.50 bits per heavy atom. The summed E-state index contributed by atoms with van der Waals surface area (Å²) >= 11 is 0. The van der Waals surface area contributed by atoms with E-state index in [9.17, 15) is 5.26 Å². The molecule has 0 amide bonds. The van der Waals surface area contributed by atoms with Crippen molar-refractivity contribution in [1.29, 1.82) is 5.26 Å². The first-order chi connectivity index (χ1) is 15.0. The Bertz CT molecular complexity index is 1210. The molecule has 4 nitrogen and oxygen atoms in total. The minimum atomic E-state index is -1.78. The molecule has 32 heavy (non-hydrogen) atoms. The average molecular weight is 446 g/mol. The van der Waals surface area contributed by atoms with Gasteiger partial charge >= 0.3 is 0 Å². The van der Waals surface area contributed by atoms with E-state index in [1.165, 1.54) is 18.4 Å². The largest absolute Gasteiger partial charge is 0.416 e. The quantitative estimate of drug-likeness (QED) is 0.332. The molecule has 2 aromatic carbocycles. The van der Waals surface area contributed by atoms with Crippen LogP contribution in [0.1, 0.15) is 44.7 Å². The number of benzene rings is 2. The van der Waals surface area contributed by atoms with Crippen LogP contribution >= 0.6 is 0 Å². The monoisotopic (exact) mass is 445 g/mol. The van der Waals surface area contributed by atoms with Gasteiger partial charge in [0.25, 0.3) is 0 Å². The summed E-state index contributed by atoms with van der Waals surface area (Å²) in [4.78, 5) is 0. The van der Waals surface area contributed by atoms with Gasteiger partial charge in [-0.2, -0.15) is 5.26 Å².